The van der Waals surface area contributed by atoms with E-state index in [0.717, 1.165) is 6.07 Å². The van der Waals surface area contributed by atoms with Crippen molar-refractivity contribution in [1.82, 2.24) is 0 Å². The van der Waals surface area contributed by atoms with Gasteiger partial charge in [-0.05, 0) is 36.4 Å². The van der Waals surface area contributed by atoms with Gasteiger partial charge >= 0.3 is 5.97 Å². The van der Waals surface area contributed by atoms with Crippen molar-refractivity contribution >= 4 is 40.8 Å². The highest BCUT2D eigenvalue weighted by atomic mass is 35.5. The summed E-state index contributed by atoms with van der Waals surface area (Å²) in [5.74, 6) is -2.21. The smallest absolute Gasteiger partial charge is 0.338 e. The zero-order valence-electron chi connectivity index (χ0n) is 13.1. The Balaban J connectivity index is 1.91. The monoisotopic (exact) mass is 364 g/mol. The minimum atomic E-state index is -0.723. The predicted octanol–water partition coefficient (Wildman–Crippen LogP) is 3.23. The molecule has 2 aromatic carbocycles. The number of anilines is 2. The molecule has 0 aliphatic heterocycles. The van der Waals surface area contributed by atoms with Crippen LogP contribution in [0.25, 0.3) is 0 Å². The van der Waals surface area contributed by atoms with Crippen molar-refractivity contribution in [2.24, 2.45) is 0 Å². The second-order valence-electron chi connectivity index (χ2n) is 5.02. The topological polar surface area (TPSA) is 84.5 Å². The highest BCUT2D eigenvalue weighted by molar-refractivity contribution is 6.31. The number of hydrogen-bond donors (Lipinski definition) is 2. The molecule has 0 atom stereocenters. The minimum Gasteiger partial charge on any atom is -0.452 e. The lowest BCUT2D eigenvalue weighted by molar-refractivity contribution is -0.119. The molecule has 2 amide bonds. The molecule has 2 N–H and O–H groups in total. The van der Waals surface area contributed by atoms with Crippen molar-refractivity contribution in [3.05, 3.63) is 58.9 Å². The number of ether oxygens (including phenoxy) is 1. The average molecular weight is 365 g/mol. The van der Waals surface area contributed by atoms with Gasteiger partial charge in [0.15, 0.2) is 6.61 Å². The molecule has 6 nitrogen and oxygen atoms in total. The number of hydrogen-bond acceptors (Lipinski definition) is 4. The maximum absolute atomic E-state index is 13.0. The second-order valence-corrected chi connectivity index (χ2v) is 5.42. The summed E-state index contributed by atoms with van der Waals surface area (Å²) in [5, 5.41) is 4.83. The van der Waals surface area contributed by atoms with E-state index in [9.17, 15) is 18.8 Å². The summed E-state index contributed by atoms with van der Waals surface area (Å²) in [5.41, 5.74) is 0.899. The first kappa shape index (κ1) is 18.4. The molecule has 0 fully saturated rings. The maximum atomic E-state index is 13.0. The summed E-state index contributed by atoms with van der Waals surface area (Å²) < 4.78 is 18.0. The second kappa shape index (κ2) is 8.25. The van der Waals surface area contributed by atoms with Crippen molar-refractivity contribution in [1.29, 1.82) is 0 Å². The molecule has 0 bridgehead atoms. The number of nitrogens with one attached hydrogen (secondary N) is 2. The highest BCUT2D eigenvalue weighted by Crippen LogP contribution is 2.19. The Labute approximate surface area is 147 Å². The van der Waals surface area contributed by atoms with E-state index in [4.69, 9.17) is 16.3 Å². The maximum Gasteiger partial charge on any atom is 0.338 e. The van der Waals surface area contributed by atoms with Gasteiger partial charge in [-0.1, -0.05) is 17.7 Å². The van der Waals surface area contributed by atoms with Crippen molar-refractivity contribution < 1.29 is 23.5 Å². The van der Waals surface area contributed by atoms with Crippen LogP contribution in [0.3, 0.4) is 0 Å². The van der Waals surface area contributed by atoms with E-state index < -0.39 is 24.3 Å². The Bertz CT molecular complexity index is 826. The molecule has 0 heterocycles. The number of esters is 1. The van der Waals surface area contributed by atoms with E-state index in [0.29, 0.717) is 5.69 Å². The molecule has 25 heavy (non-hydrogen) atoms. The van der Waals surface area contributed by atoms with E-state index in [2.05, 4.69) is 10.6 Å². The lowest BCUT2D eigenvalue weighted by Gasteiger charge is -2.08. The van der Waals surface area contributed by atoms with Crippen molar-refractivity contribution in [3.63, 3.8) is 0 Å². The van der Waals surface area contributed by atoms with E-state index in [1.807, 2.05) is 0 Å². The van der Waals surface area contributed by atoms with E-state index in [-0.39, 0.29) is 22.2 Å². The van der Waals surface area contributed by atoms with Gasteiger partial charge in [-0.15, -0.1) is 0 Å². The fraction of sp³-hybridized carbons (Fsp3) is 0.118. The molecule has 0 aliphatic rings. The first-order valence-electron chi connectivity index (χ1n) is 7.15. The summed E-state index contributed by atoms with van der Waals surface area (Å²) in [4.78, 5) is 34.7. The van der Waals surface area contributed by atoms with Crippen molar-refractivity contribution in [3.8, 4) is 0 Å². The lowest BCUT2D eigenvalue weighted by Crippen LogP contribution is -2.21. The van der Waals surface area contributed by atoms with Crippen LogP contribution < -0.4 is 10.6 Å². The Morgan fingerprint density at radius 1 is 1.08 bits per heavy atom. The van der Waals surface area contributed by atoms with E-state index in [1.54, 1.807) is 12.1 Å². The quantitative estimate of drug-likeness (QED) is 0.798. The van der Waals surface area contributed by atoms with Gasteiger partial charge in [0, 0.05) is 18.3 Å². The van der Waals surface area contributed by atoms with Crippen LogP contribution in [-0.4, -0.2) is 24.4 Å². The van der Waals surface area contributed by atoms with Crippen molar-refractivity contribution in [2.75, 3.05) is 17.2 Å². The molecule has 0 saturated carbocycles. The zero-order chi connectivity index (χ0) is 18.4. The first-order valence-corrected chi connectivity index (χ1v) is 7.52. The average Bonchev–Trinajstić information content (AvgIpc) is 2.55. The number of rotatable bonds is 5. The normalized spacial score (nSPS) is 10.0. The fourth-order valence-corrected chi connectivity index (χ4v) is 2.09. The molecular weight excluding hydrogens is 351 g/mol. The molecule has 0 unspecified atom stereocenters. The van der Waals surface area contributed by atoms with Crippen molar-refractivity contribution in [2.45, 2.75) is 6.92 Å². The molecule has 0 saturated heterocycles. The third kappa shape index (κ3) is 5.58. The SMILES string of the molecule is CC(=O)Nc1cccc(C(=O)OCC(=O)Nc2ccc(F)c(Cl)c2)c1. The van der Waals surface area contributed by atoms with Crippen LogP contribution in [0.15, 0.2) is 42.5 Å². The molecule has 0 radical (unpaired) electrons. The van der Waals surface area contributed by atoms with Gasteiger partial charge in [-0.25, -0.2) is 9.18 Å². The molecule has 2 aromatic rings. The standard InChI is InChI=1S/C17H14ClFN2O4/c1-10(22)20-12-4-2-3-11(7-12)17(24)25-9-16(23)21-13-5-6-15(19)14(18)8-13/h2-8H,9H2,1H3,(H,20,22)(H,21,23). The summed E-state index contributed by atoms with van der Waals surface area (Å²) >= 11 is 5.61. The summed E-state index contributed by atoms with van der Waals surface area (Å²) in [6, 6.07) is 9.79. The van der Waals surface area contributed by atoms with E-state index in [1.165, 1.54) is 31.2 Å². The largest absolute Gasteiger partial charge is 0.452 e. The van der Waals surface area contributed by atoms with Gasteiger partial charge in [0.1, 0.15) is 5.82 Å². The Morgan fingerprint density at radius 2 is 1.80 bits per heavy atom. The minimum absolute atomic E-state index is 0.135. The fourth-order valence-electron chi connectivity index (χ4n) is 1.91. The van der Waals surface area contributed by atoms with Gasteiger partial charge in [0.2, 0.25) is 5.91 Å². The summed E-state index contributed by atoms with van der Waals surface area (Å²) in [7, 11) is 0. The zero-order valence-corrected chi connectivity index (χ0v) is 13.9. The van der Waals surface area contributed by atoms with Crippen LogP contribution in [0.2, 0.25) is 5.02 Å². The number of halogens is 2. The first-order chi connectivity index (χ1) is 11.8. The van der Waals surface area contributed by atoms with Gasteiger partial charge in [0.05, 0.1) is 10.6 Å². The molecule has 0 spiro atoms. The van der Waals surface area contributed by atoms with Crippen LogP contribution in [0.5, 0.6) is 0 Å². The predicted molar refractivity (Wildman–Crippen MR) is 91.1 cm³/mol. The van der Waals surface area contributed by atoms with E-state index >= 15 is 0 Å². The molecule has 0 aliphatic carbocycles. The molecule has 130 valence electrons. The third-order valence-corrected chi connectivity index (χ3v) is 3.25. The Morgan fingerprint density at radius 3 is 2.48 bits per heavy atom. The Kier molecular flexibility index (Phi) is 6.08. The molecular formula is C17H14ClFN2O4. The van der Waals surface area contributed by atoms with Crippen LogP contribution in [0.4, 0.5) is 15.8 Å². The van der Waals surface area contributed by atoms with Gasteiger partial charge in [-0.2, -0.15) is 0 Å². The number of amides is 2. The molecule has 0 aromatic heterocycles. The van der Waals surface area contributed by atoms with Gasteiger partial charge < -0.3 is 15.4 Å². The van der Waals surface area contributed by atoms with Crippen LogP contribution in [-0.2, 0) is 14.3 Å². The van der Waals surface area contributed by atoms with Crippen LogP contribution in [0.1, 0.15) is 17.3 Å². The molecule has 8 heteroatoms. The number of benzene rings is 2. The molecule has 2 rings (SSSR count). The summed E-state index contributed by atoms with van der Waals surface area (Å²) in [6.45, 7) is 0.815. The lowest BCUT2D eigenvalue weighted by atomic mass is 10.2. The van der Waals surface area contributed by atoms with Gasteiger partial charge in [-0.3, -0.25) is 9.59 Å². The summed E-state index contributed by atoms with van der Waals surface area (Å²) in [6.07, 6.45) is 0. The van der Waals surface area contributed by atoms with Crippen LogP contribution >= 0.6 is 11.6 Å². The highest BCUT2D eigenvalue weighted by Gasteiger charge is 2.12. The number of carbonyl (C=O) groups excluding carboxylic acids is 3. The Hall–Kier alpha value is -2.93. The number of carbonyl (C=O) groups is 3. The van der Waals surface area contributed by atoms with Gasteiger partial charge in [0.25, 0.3) is 5.91 Å². The van der Waals surface area contributed by atoms with Crippen LogP contribution in [0, 0.1) is 5.82 Å². The third-order valence-electron chi connectivity index (χ3n) is 2.96.